The highest BCUT2D eigenvalue weighted by Crippen LogP contribution is 2.28. The molecule has 0 atom stereocenters. The maximum atomic E-state index is 14.3. The van der Waals surface area contributed by atoms with Crippen molar-refractivity contribution in [1.29, 1.82) is 0 Å². The highest BCUT2D eigenvalue weighted by molar-refractivity contribution is 7.98. The van der Waals surface area contributed by atoms with E-state index in [9.17, 15) is 9.18 Å². The molecule has 40 heavy (non-hydrogen) atoms. The highest BCUT2D eigenvalue weighted by atomic mass is 35.5. The highest BCUT2D eigenvalue weighted by Gasteiger charge is 2.12. The molecule has 1 heterocycles. The van der Waals surface area contributed by atoms with E-state index in [0.29, 0.717) is 32.8 Å². The lowest BCUT2D eigenvalue weighted by atomic mass is 10.1. The lowest BCUT2D eigenvalue weighted by Gasteiger charge is -2.22. The van der Waals surface area contributed by atoms with Gasteiger partial charge < -0.3 is 9.64 Å². The fourth-order valence-electron chi connectivity index (χ4n) is 3.85. The molecular weight excluding hydrogens is 549 g/mol. The van der Waals surface area contributed by atoms with Gasteiger partial charge in [-0.25, -0.2) is 19.8 Å². The van der Waals surface area contributed by atoms with Crippen molar-refractivity contribution in [2.75, 3.05) is 18.0 Å². The monoisotopic (exact) mass is 577 g/mol. The largest absolute Gasteiger partial charge is 0.488 e. The number of halogens is 2. The van der Waals surface area contributed by atoms with Crippen molar-refractivity contribution in [2.45, 2.75) is 31.4 Å². The molecule has 0 radical (unpaired) electrons. The molecule has 10 heteroatoms. The zero-order valence-electron chi connectivity index (χ0n) is 22.2. The van der Waals surface area contributed by atoms with Crippen molar-refractivity contribution in [1.82, 2.24) is 15.4 Å². The van der Waals surface area contributed by atoms with E-state index in [4.69, 9.17) is 16.3 Å². The molecule has 1 N–H and O–H groups in total. The average molecular weight is 578 g/mol. The minimum Gasteiger partial charge on any atom is -0.488 e. The van der Waals surface area contributed by atoms with Crippen LogP contribution in [-0.4, -0.2) is 35.2 Å². The number of hydrazone groups is 1. The van der Waals surface area contributed by atoms with Crippen molar-refractivity contribution in [3.8, 4) is 5.75 Å². The predicted molar refractivity (Wildman–Crippen MR) is 159 cm³/mol. The maximum Gasteiger partial charge on any atom is 0.271 e. The number of rotatable bonds is 12. The van der Waals surface area contributed by atoms with E-state index >= 15 is 0 Å². The first-order chi connectivity index (χ1) is 19.5. The summed E-state index contributed by atoms with van der Waals surface area (Å²) in [7, 11) is 0. The van der Waals surface area contributed by atoms with Gasteiger partial charge in [0.05, 0.1) is 11.2 Å². The van der Waals surface area contributed by atoms with Crippen LogP contribution in [0.15, 0.2) is 89.4 Å². The summed E-state index contributed by atoms with van der Waals surface area (Å²) < 4.78 is 20.3. The first-order valence-corrected chi connectivity index (χ1v) is 14.1. The third-order valence-electron chi connectivity index (χ3n) is 6.06. The van der Waals surface area contributed by atoms with E-state index in [2.05, 4.69) is 39.2 Å². The number of benzene rings is 3. The zero-order valence-corrected chi connectivity index (χ0v) is 23.8. The van der Waals surface area contributed by atoms with Crippen LogP contribution >= 0.6 is 23.4 Å². The van der Waals surface area contributed by atoms with Gasteiger partial charge in [0.2, 0.25) is 0 Å². The molecule has 1 aromatic heterocycles. The molecule has 7 nitrogen and oxygen atoms in total. The molecule has 206 valence electrons. The van der Waals surface area contributed by atoms with Gasteiger partial charge in [0, 0.05) is 59.7 Å². The Morgan fingerprint density at radius 2 is 1.82 bits per heavy atom. The van der Waals surface area contributed by atoms with Gasteiger partial charge >= 0.3 is 0 Å². The quantitative estimate of drug-likeness (QED) is 0.0868. The number of amides is 1. The SMILES string of the molecule is CCN(CC)c1ccc(/C=N/NC(=O)c2ccc(CSc3ncccn3)cc2)c(OCc2c(F)cccc2Cl)c1. The number of hydrogen-bond donors (Lipinski definition) is 1. The third kappa shape index (κ3) is 7.80. The molecule has 0 saturated heterocycles. The second-order valence-corrected chi connectivity index (χ2v) is 9.95. The molecule has 1 amide bonds. The Kier molecular flexibility index (Phi) is 10.5. The number of nitrogens with zero attached hydrogens (tertiary/aromatic N) is 4. The molecule has 0 aliphatic carbocycles. The zero-order chi connectivity index (χ0) is 28.3. The van der Waals surface area contributed by atoms with Gasteiger partial charge in [0.1, 0.15) is 18.2 Å². The Labute approximate surface area is 242 Å². The van der Waals surface area contributed by atoms with E-state index in [1.165, 1.54) is 24.0 Å². The van der Waals surface area contributed by atoms with Crippen LogP contribution in [0.2, 0.25) is 5.02 Å². The van der Waals surface area contributed by atoms with Gasteiger partial charge in [-0.3, -0.25) is 4.79 Å². The first kappa shape index (κ1) is 29.0. The number of ether oxygens (including phenoxy) is 1. The minimum atomic E-state index is -0.437. The number of thioether (sulfide) groups is 1. The summed E-state index contributed by atoms with van der Waals surface area (Å²) in [6.45, 7) is 5.71. The smallest absolute Gasteiger partial charge is 0.271 e. The molecule has 0 fully saturated rings. The summed E-state index contributed by atoms with van der Waals surface area (Å²) >= 11 is 7.71. The summed E-state index contributed by atoms with van der Waals surface area (Å²) in [5, 5.41) is 5.13. The number of carbonyl (C=O) groups excluding carboxylic acids is 1. The number of nitrogens with one attached hydrogen (secondary N) is 1. The van der Waals surface area contributed by atoms with Crippen molar-refractivity contribution in [3.63, 3.8) is 0 Å². The topological polar surface area (TPSA) is 79.7 Å². The van der Waals surface area contributed by atoms with Crippen LogP contribution in [0.5, 0.6) is 5.75 Å². The lowest BCUT2D eigenvalue weighted by molar-refractivity contribution is 0.0955. The maximum absolute atomic E-state index is 14.3. The summed E-state index contributed by atoms with van der Waals surface area (Å²) in [4.78, 5) is 23.2. The molecule has 0 aliphatic rings. The van der Waals surface area contributed by atoms with Crippen LogP contribution < -0.4 is 15.1 Å². The van der Waals surface area contributed by atoms with Gasteiger partial charge in [-0.05, 0) is 61.9 Å². The number of aromatic nitrogens is 2. The second-order valence-electron chi connectivity index (χ2n) is 8.60. The Hall–Kier alpha value is -3.95. The Bertz CT molecular complexity index is 1430. The van der Waals surface area contributed by atoms with Crippen LogP contribution in [0, 0.1) is 5.82 Å². The average Bonchev–Trinajstić information content (AvgIpc) is 2.98. The van der Waals surface area contributed by atoms with Crippen molar-refractivity contribution < 1.29 is 13.9 Å². The van der Waals surface area contributed by atoms with Crippen LogP contribution in [0.25, 0.3) is 0 Å². The minimum absolute atomic E-state index is 0.0541. The summed E-state index contributed by atoms with van der Waals surface area (Å²) in [6.07, 6.45) is 4.92. The summed E-state index contributed by atoms with van der Waals surface area (Å²) in [6, 6.07) is 19.3. The molecule has 3 aromatic carbocycles. The molecule has 0 spiro atoms. The number of hydrogen-bond acceptors (Lipinski definition) is 7. The van der Waals surface area contributed by atoms with E-state index in [0.717, 1.165) is 24.3 Å². The van der Waals surface area contributed by atoms with Crippen LogP contribution in [0.1, 0.15) is 40.9 Å². The number of carbonyl (C=O) groups is 1. The Morgan fingerprint density at radius 1 is 1.07 bits per heavy atom. The van der Waals surface area contributed by atoms with Gasteiger partial charge in [0.15, 0.2) is 5.16 Å². The van der Waals surface area contributed by atoms with E-state index in [1.807, 2.05) is 30.3 Å². The standard InChI is InChI=1S/C30H29ClFN5O2S/c1-3-37(4-2)24-14-13-23(28(17-24)39-19-25-26(31)7-5-8-27(25)32)18-35-36-29(38)22-11-9-21(10-12-22)20-40-30-33-15-6-16-34-30/h5-18H,3-4,19-20H2,1-2H3,(H,36,38)/b35-18+. The normalized spacial score (nSPS) is 11.0. The summed E-state index contributed by atoms with van der Waals surface area (Å²) in [5.74, 6) is 0.398. The van der Waals surface area contributed by atoms with E-state index < -0.39 is 5.82 Å². The van der Waals surface area contributed by atoms with Crippen molar-refractivity contribution in [3.05, 3.63) is 112 Å². The molecular formula is C30H29ClFN5O2S. The molecule has 4 rings (SSSR count). The fourth-order valence-corrected chi connectivity index (χ4v) is 4.82. The molecule has 0 aliphatic heterocycles. The number of anilines is 1. The second kappa shape index (κ2) is 14.4. The van der Waals surface area contributed by atoms with E-state index in [-0.39, 0.29) is 18.1 Å². The molecule has 4 aromatic rings. The van der Waals surface area contributed by atoms with Gasteiger partial charge in [0.25, 0.3) is 5.91 Å². The van der Waals surface area contributed by atoms with Crippen LogP contribution in [0.4, 0.5) is 10.1 Å². The van der Waals surface area contributed by atoms with Gasteiger partial charge in [-0.1, -0.05) is 41.6 Å². The van der Waals surface area contributed by atoms with Gasteiger partial charge in [-0.2, -0.15) is 5.10 Å². The van der Waals surface area contributed by atoms with E-state index in [1.54, 1.807) is 42.7 Å². The van der Waals surface area contributed by atoms with Crippen LogP contribution in [-0.2, 0) is 12.4 Å². The van der Waals surface area contributed by atoms with Crippen LogP contribution in [0.3, 0.4) is 0 Å². The third-order valence-corrected chi connectivity index (χ3v) is 7.36. The lowest BCUT2D eigenvalue weighted by Crippen LogP contribution is -2.22. The summed E-state index contributed by atoms with van der Waals surface area (Å²) in [5.41, 5.74) is 5.93. The molecule has 0 saturated carbocycles. The van der Waals surface area contributed by atoms with Gasteiger partial charge in [-0.15, -0.1) is 0 Å². The predicted octanol–water partition coefficient (Wildman–Crippen LogP) is 6.75. The molecule has 0 unspecified atom stereocenters. The first-order valence-electron chi connectivity index (χ1n) is 12.7. The Balaban J connectivity index is 1.43. The Morgan fingerprint density at radius 3 is 2.52 bits per heavy atom. The fraction of sp³-hybridized carbons (Fsp3) is 0.200. The van der Waals surface area contributed by atoms with Crippen molar-refractivity contribution >= 4 is 41.2 Å². The molecule has 0 bridgehead atoms. The van der Waals surface area contributed by atoms with Crippen molar-refractivity contribution in [2.24, 2.45) is 5.10 Å².